The maximum Gasteiger partial charge on any atom is 0.323 e. The average molecular weight is 301 g/mol. The maximum absolute atomic E-state index is 11.4. The third-order valence-electron chi connectivity index (χ3n) is 4.12. The van der Waals surface area contributed by atoms with E-state index < -0.39 is 11.5 Å². The molecule has 0 radical (unpaired) electrons. The molecule has 1 saturated heterocycles. The van der Waals surface area contributed by atoms with E-state index >= 15 is 0 Å². The molecule has 0 bridgehead atoms. The Morgan fingerprint density at radius 3 is 2.80 bits per heavy atom. The molecule has 2 rings (SSSR count). The van der Waals surface area contributed by atoms with Crippen LogP contribution in [0.2, 0.25) is 0 Å². The number of carbonyl (C=O) groups is 1. The van der Waals surface area contributed by atoms with Crippen molar-refractivity contribution in [2.75, 3.05) is 18.1 Å². The predicted molar refractivity (Wildman–Crippen MR) is 82.3 cm³/mol. The van der Waals surface area contributed by atoms with Gasteiger partial charge in [0.25, 0.3) is 0 Å². The van der Waals surface area contributed by atoms with Crippen molar-refractivity contribution in [3.05, 3.63) is 0 Å². The van der Waals surface area contributed by atoms with E-state index in [-0.39, 0.29) is 0 Å². The minimum atomic E-state index is -0.736. The van der Waals surface area contributed by atoms with Crippen molar-refractivity contribution in [1.82, 2.24) is 5.32 Å². The molecule has 1 heterocycles. The summed E-state index contributed by atoms with van der Waals surface area (Å²) in [5.74, 6) is 1.49. The van der Waals surface area contributed by atoms with Crippen molar-refractivity contribution in [1.29, 1.82) is 0 Å². The molecule has 2 aliphatic rings. The van der Waals surface area contributed by atoms with E-state index in [9.17, 15) is 9.90 Å². The second kappa shape index (κ2) is 7.66. The van der Waals surface area contributed by atoms with Crippen LogP contribution >= 0.6 is 11.8 Å². The summed E-state index contributed by atoms with van der Waals surface area (Å²) in [4.78, 5) is 11.4. The van der Waals surface area contributed by atoms with E-state index in [0.717, 1.165) is 50.2 Å². The van der Waals surface area contributed by atoms with E-state index in [4.69, 9.17) is 4.74 Å². The zero-order valence-electron chi connectivity index (χ0n) is 12.4. The molecule has 0 aromatic carbocycles. The number of nitrogens with one attached hydrogen (secondary N) is 1. The Bertz CT molecular complexity index is 316. The lowest BCUT2D eigenvalue weighted by molar-refractivity contribution is -0.144. The van der Waals surface area contributed by atoms with Crippen LogP contribution in [0.5, 0.6) is 0 Å². The summed E-state index contributed by atoms with van der Waals surface area (Å²) in [7, 11) is 0. The molecule has 2 N–H and O–H groups in total. The van der Waals surface area contributed by atoms with Crippen LogP contribution in [0.25, 0.3) is 0 Å². The first kappa shape index (κ1) is 16.1. The molecule has 0 aromatic heterocycles. The van der Waals surface area contributed by atoms with Crippen LogP contribution in [0.3, 0.4) is 0 Å². The van der Waals surface area contributed by atoms with Crippen LogP contribution in [0, 0.1) is 0 Å². The number of rotatable bonds is 10. The second-order valence-electron chi connectivity index (χ2n) is 6.22. The van der Waals surface area contributed by atoms with E-state index in [1.807, 2.05) is 18.7 Å². The van der Waals surface area contributed by atoms with Crippen molar-refractivity contribution in [3.8, 4) is 0 Å². The summed E-state index contributed by atoms with van der Waals surface area (Å²) < 4.78 is 5.59. The van der Waals surface area contributed by atoms with E-state index in [0.29, 0.717) is 12.1 Å². The fraction of sp³-hybridized carbons (Fsp3) is 0.933. The van der Waals surface area contributed by atoms with Crippen LogP contribution < -0.4 is 5.32 Å². The topological polar surface area (TPSA) is 58.6 Å². The molecular weight excluding hydrogens is 274 g/mol. The first-order valence-corrected chi connectivity index (χ1v) is 8.96. The number of carboxylic acids is 1. The number of hydrogen-bond acceptors (Lipinski definition) is 4. The van der Waals surface area contributed by atoms with Crippen LogP contribution in [-0.4, -0.2) is 46.9 Å². The number of thioether (sulfide) groups is 1. The highest BCUT2D eigenvalue weighted by Crippen LogP contribution is 2.26. The highest BCUT2D eigenvalue weighted by molar-refractivity contribution is 7.99. The summed E-state index contributed by atoms with van der Waals surface area (Å²) in [5.41, 5.74) is -0.736. The minimum absolute atomic E-state index is 0.435. The van der Waals surface area contributed by atoms with Gasteiger partial charge in [-0.3, -0.25) is 10.1 Å². The first-order chi connectivity index (χ1) is 9.60. The monoisotopic (exact) mass is 301 g/mol. The maximum atomic E-state index is 11.4. The molecule has 0 aromatic rings. The number of hydrogen-bond donors (Lipinski definition) is 2. The standard InChI is InChI=1S/C15H27NO3S/c1-15(14(17)18,16-12-6-7-12)8-2-3-10-20-11-13-5-4-9-19-13/h12-13,16H,2-11H2,1H3,(H,17,18). The third-order valence-corrected chi connectivity index (χ3v) is 5.30. The molecule has 116 valence electrons. The Morgan fingerprint density at radius 2 is 2.20 bits per heavy atom. The summed E-state index contributed by atoms with van der Waals surface area (Å²) in [5, 5.41) is 12.6. The number of unbranched alkanes of at least 4 members (excludes halogenated alkanes) is 1. The molecule has 1 aliphatic heterocycles. The van der Waals surface area contributed by atoms with Gasteiger partial charge < -0.3 is 9.84 Å². The van der Waals surface area contributed by atoms with Gasteiger partial charge in [0.1, 0.15) is 5.54 Å². The molecule has 4 nitrogen and oxygen atoms in total. The number of ether oxygens (including phenoxy) is 1. The average Bonchev–Trinajstić information content (AvgIpc) is 3.05. The zero-order chi connectivity index (χ0) is 14.4. The van der Waals surface area contributed by atoms with E-state index in [2.05, 4.69) is 5.32 Å². The molecule has 0 amide bonds. The van der Waals surface area contributed by atoms with E-state index in [1.54, 1.807) is 0 Å². The quantitative estimate of drug-likeness (QED) is 0.608. The normalized spacial score (nSPS) is 25.6. The van der Waals surface area contributed by atoms with Gasteiger partial charge in [-0.25, -0.2) is 0 Å². The third kappa shape index (κ3) is 5.26. The Labute approximate surface area is 126 Å². The molecule has 2 fully saturated rings. The van der Waals surface area contributed by atoms with Crippen molar-refractivity contribution in [2.45, 2.75) is 69.6 Å². The molecule has 2 atom stereocenters. The Kier molecular flexibility index (Phi) is 6.18. The Hall–Kier alpha value is -0.260. The lowest BCUT2D eigenvalue weighted by Gasteiger charge is -2.26. The van der Waals surface area contributed by atoms with Gasteiger partial charge in [-0.1, -0.05) is 6.42 Å². The lowest BCUT2D eigenvalue weighted by Crippen LogP contribution is -2.50. The molecular formula is C15H27NO3S. The van der Waals surface area contributed by atoms with Crippen LogP contribution in [-0.2, 0) is 9.53 Å². The Morgan fingerprint density at radius 1 is 1.40 bits per heavy atom. The summed E-state index contributed by atoms with van der Waals surface area (Å²) in [6.07, 6.45) is 7.90. The number of carboxylic acid groups (broad SMARTS) is 1. The fourth-order valence-corrected chi connectivity index (χ4v) is 3.69. The SMILES string of the molecule is CC(CCCCSCC1CCCO1)(NC1CC1)C(=O)O. The van der Waals surface area contributed by atoms with Gasteiger partial charge in [0.2, 0.25) is 0 Å². The van der Waals surface area contributed by atoms with Crippen LogP contribution in [0.4, 0.5) is 0 Å². The molecule has 20 heavy (non-hydrogen) atoms. The molecule has 5 heteroatoms. The van der Waals surface area contributed by atoms with Crippen molar-refractivity contribution in [3.63, 3.8) is 0 Å². The predicted octanol–water partition coefficient (Wildman–Crippen LogP) is 2.66. The summed E-state index contributed by atoms with van der Waals surface area (Å²) in [6.45, 7) is 2.75. The Balaban J connectivity index is 1.54. The highest BCUT2D eigenvalue weighted by Gasteiger charge is 2.37. The van der Waals surface area contributed by atoms with Gasteiger partial charge in [0.05, 0.1) is 6.10 Å². The van der Waals surface area contributed by atoms with Gasteiger partial charge in [-0.2, -0.15) is 11.8 Å². The zero-order valence-corrected chi connectivity index (χ0v) is 13.2. The van der Waals surface area contributed by atoms with Crippen molar-refractivity contribution >= 4 is 17.7 Å². The summed E-state index contributed by atoms with van der Waals surface area (Å²) in [6, 6.07) is 0.435. The van der Waals surface area contributed by atoms with Gasteiger partial charge in [-0.05, 0) is 51.2 Å². The summed E-state index contributed by atoms with van der Waals surface area (Å²) >= 11 is 1.94. The van der Waals surface area contributed by atoms with Gasteiger partial charge in [0, 0.05) is 18.4 Å². The lowest BCUT2D eigenvalue weighted by atomic mass is 9.95. The van der Waals surface area contributed by atoms with Gasteiger partial charge in [-0.15, -0.1) is 0 Å². The van der Waals surface area contributed by atoms with Crippen LogP contribution in [0.15, 0.2) is 0 Å². The molecule has 1 aliphatic carbocycles. The second-order valence-corrected chi connectivity index (χ2v) is 7.37. The van der Waals surface area contributed by atoms with Crippen molar-refractivity contribution < 1.29 is 14.6 Å². The largest absolute Gasteiger partial charge is 0.480 e. The minimum Gasteiger partial charge on any atom is -0.480 e. The highest BCUT2D eigenvalue weighted by atomic mass is 32.2. The smallest absolute Gasteiger partial charge is 0.323 e. The molecule has 2 unspecified atom stereocenters. The fourth-order valence-electron chi connectivity index (χ4n) is 2.59. The first-order valence-electron chi connectivity index (χ1n) is 7.80. The molecule has 1 saturated carbocycles. The van der Waals surface area contributed by atoms with Crippen LogP contribution in [0.1, 0.15) is 51.9 Å². The van der Waals surface area contributed by atoms with Crippen molar-refractivity contribution in [2.24, 2.45) is 0 Å². The number of aliphatic carboxylic acids is 1. The van der Waals surface area contributed by atoms with Gasteiger partial charge in [0.15, 0.2) is 0 Å². The van der Waals surface area contributed by atoms with E-state index in [1.165, 1.54) is 12.8 Å². The molecule has 0 spiro atoms. The van der Waals surface area contributed by atoms with Gasteiger partial charge >= 0.3 is 5.97 Å².